The molecule has 0 unspecified atom stereocenters. The van der Waals surface area contributed by atoms with Gasteiger partial charge in [-0.2, -0.15) is 0 Å². The summed E-state index contributed by atoms with van der Waals surface area (Å²) in [5.74, 6) is 1.68. The predicted molar refractivity (Wildman–Crippen MR) is 96.9 cm³/mol. The van der Waals surface area contributed by atoms with Crippen LogP contribution < -0.4 is 10.1 Å². The molecule has 0 bridgehead atoms. The highest BCUT2D eigenvalue weighted by Gasteiger charge is 2.08. The van der Waals surface area contributed by atoms with E-state index in [9.17, 15) is 0 Å². The van der Waals surface area contributed by atoms with Gasteiger partial charge in [-0.25, -0.2) is 4.98 Å². The van der Waals surface area contributed by atoms with Gasteiger partial charge >= 0.3 is 0 Å². The summed E-state index contributed by atoms with van der Waals surface area (Å²) >= 11 is 10.4. The molecular formula is C15H15Br3N2O. The molecule has 2 rings (SSSR count). The molecule has 0 fully saturated rings. The molecule has 0 saturated carbocycles. The Balaban J connectivity index is 2.00. The average Bonchev–Trinajstić information content (AvgIpc) is 2.45. The molecule has 0 aliphatic rings. The first-order valence-corrected chi connectivity index (χ1v) is 8.94. The quantitative estimate of drug-likeness (QED) is 0.572. The summed E-state index contributed by atoms with van der Waals surface area (Å²) in [6, 6.07) is 7.90. The van der Waals surface area contributed by atoms with Gasteiger partial charge in [0.2, 0.25) is 0 Å². The lowest BCUT2D eigenvalue weighted by atomic mass is 10.3. The Hall–Kier alpha value is -0.590. The molecule has 0 amide bonds. The SMILES string of the molecule is CCCNc1ccc(COc2c(Br)cc(Br)cc2Br)cn1. The van der Waals surface area contributed by atoms with Crippen molar-refractivity contribution in [1.29, 1.82) is 0 Å². The molecule has 6 heteroatoms. The molecular weight excluding hydrogens is 464 g/mol. The molecule has 3 nitrogen and oxygen atoms in total. The molecule has 1 N–H and O–H groups in total. The van der Waals surface area contributed by atoms with Crippen molar-refractivity contribution in [3.05, 3.63) is 49.4 Å². The lowest BCUT2D eigenvalue weighted by Crippen LogP contribution is -2.03. The van der Waals surface area contributed by atoms with E-state index >= 15 is 0 Å². The number of benzene rings is 1. The molecule has 0 saturated heterocycles. The highest BCUT2D eigenvalue weighted by Crippen LogP contribution is 2.36. The van der Waals surface area contributed by atoms with Crippen molar-refractivity contribution in [3.8, 4) is 5.75 Å². The van der Waals surface area contributed by atoms with Crippen molar-refractivity contribution < 1.29 is 4.74 Å². The lowest BCUT2D eigenvalue weighted by Gasteiger charge is -2.11. The number of rotatable bonds is 6. The Morgan fingerprint density at radius 2 is 1.86 bits per heavy atom. The van der Waals surface area contributed by atoms with E-state index in [1.165, 1.54) is 0 Å². The van der Waals surface area contributed by atoms with Crippen LogP contribution in [-0.4, -0.2) is 11.5 Å². The third kappa shape index (κ3) is 4.97. The Kier molecular flexibility index (Phi) is 6.51. The second-order valence-electron chi connectivity index (χ2n) is 4.47. The molecule has 1 aromatic heterocycles. The van der Waals surface area contributed by atoms with E-state index in [2.05, 4.69) is 65.0 Å². The van der Waals surface area contributed by atoms with Crippen LogP contribution in [0.4, 0.5) is 5.82 Å². The molecule has 0 radical (unpaired) electrons. The summed E-state index contributed by atoms with van der Waals surface area (Å²) in [4.78, 5) is 4.37. The number of nitrogens with one attached hydrogen (secondary N) is 1. The first-order chi connectivity index (χ1) is 10.1. The summed E-state index contributed by atoms with van der Waals surface area (Å²) in [5.41, 5.74) is 1.03. The molecule has 2 aromatic rings. The first kappa shape index (κ1) is 16.8. The van der Waals surface area contributed by atoms with Crippen LogP contribution in [0, 0.1) is 0 Å². The number of ether oxygens (including phenoxy) is 1. The summed E-state index contributed by atoms with van der Waals surface area (Å²) in [7, 11) is 0. The number of anilines is 1. The van der Waals surface area contributed by atoms with Crippen LogP contribution in [0.25, 0.3) is 0 Å². The topological polar surface area (TPSA) is 34.1 Å². The number of halogens is 3. The lowest BCUT2D eigenvalue weighted by molar-refractivity contribution is 0.302. The van der Waals surface area contributed by atoms with E-state index in [1.807, 2.05) is 30.5 Å². The third-order valence-electron chi connectivity index (χ3n) is 2.73. The van der Waals surface area contributed by atoms with E-state index in [-0.39, 0.29) is 0 Å². The maximum absolute atomic E-state index is 5.85. The summed E-state index contributed by atoms with van der Waals surface area (Å²) in [6.45, 7) is 3.53. The molecule has 0 aliphatic carbocycles. The molecule has 112 valence electrons. The van der Waals surface area contributed by atoms with Crippen molar-refractivity contribution >= 4 is 53.6 Å². The zero-order valence-corrected chi connectivity index (χ0v) is 16.3. The fraction of sp³-hybridized carbons (Fsp3) is 0.267. The smallest absolute Gasteiger partial charge is 0.148 e. The van der Waals surface area contributed by atoms with Gasteiger partial charge in [0.1, 0.15) is 18.2 Å². The third-order valence-corrected chi connectivity index (χ3v) is 4.36. The van der Waals surface area contributed by atoms with Crippen molar-refractivity contribution in [2.24, 2.45) is 0 Å². The number of hydrogen-bond acceptors (Lipinski definition) is 3. The number of hydrogen-bond donors (Lipinski definition) is 1. The molecule has 0 spiro atoms. The van der Waals surface area contributed by atoms with Crippen molar-refractivity contribution in [3.63, 3.8) is 0 Å². The Bertz CT molecular complexity index is 579. The largest absolute Gasteiger partial charge is 0.486 e. The molecule has 0 aliphatic heterocycles. The minimum Gasteiger partial charge on any atom is -0.486 e. The number of pyridine rings is 1. The molecule has 1 aromatic carbocycles. The maximum Gasteiger partial charge on any atom is 0.148 e. The maximum atomic E-state index is 5.85. The molecule has 1 heterocycles. The van der Waals surface area contributed by atoms with Gasteiger partial charge in [0.05, 0.1) is 8.95 Å². The fourth-order valence-corrected chi connectivity index (χ4v) is 4.18. The highest BCUT2D eigenvalue weighted by atomic mass is 79.9. The average molecular weight is 479 g/mol. The van der Waals surface area contributed by atoms with Gasteiger partial charge in [0.25, 0.3) is 0 Å². The van der Waals surface area contributed by atoms with E-state index in [0.717, 1.165) is 43.5 Å². The van der Waals surface area contributed by atoms with E-state index in [0.29, 0.717) is 6.61 Å². The van der Waals surface area contributed by atoms with E-state index in [4.69, 9.17) is 4.74 Å². The summed E-state index contributed by atoms with van der Waals surface area (Å²) in [6.07, 6.45) is 2.91. The van der Waals surface area contributed by atoms with Crippen LogP contribution in [0.2, 0.25) is 0 Å². The molecule has 21 heavy (non-hydrogen) atoms. The minimum absolute atomic E-state index is 0.472. The number of aromatic nitrogens is 1. The molecule has 0 atom stereocenters. The van der Waals surface area contributed by atoms with Crippen molar-refractivity contribution in [2.75, 3.05) is 11.9 Å². The second kappa shape index (κ2) is 8.15. The highest BCUT2D eigenvalue weighted by molar-refractivity contribution is 9.11. The Morgan fingerprint density at radius 1 is 1.14 bits per heavy atom. The number of nitrogens with zero attached hydrogens (tertiary/aromatic N) is 1. The van der Waals surface area contributed by atoms with E-state index < -0.39 is 0 Å². The minimum atomic E-state index is 0.472. The van der Waals surface area contributed by atoms with Crippen LogP contribution in [0.15, 0.2) is 43.9 Å². The van der Waals surface area contributed by atoms with Gasteiger partial charge in [-0.3, -0.25) is 0 Å². The van der Waals surface area contributed by atoms with Crippen molar-refractivity contribution in [2.45, 2.75) is 20.0 Å². The van der Waals surface area contributed by atoms with Gasteiger partial charge in [-0.05, 0) is 56.5 Å². The van der Waals surface area contributed by atoms with Gasteiger partial charge in [-0.1, -0.05) is 28.9 Å². The normalized spacial score (nSPS) is 10.5. The second-order valence-corrected chi connectivity index (χ2v) is 7.09. The fourth-order valence-electron chi connectivity index (χ4n) is 1.69. The van der Waals surface area contributed by atoms with Gasteiger partial charge in [0.15, 0.2) is 0 Å². The standard InChI is InChI=1S/C15H15Br3N2O/c1-2-5-19-14-4-3-10(8-20-14)9-21-15-12(17)6-11(16)7-13(15)18/h3-4,6-8H,2,5,9H2,1H3,(H,19,20). The monoisotopic (exact) mass is 476 g/mol. The predicted octanol–water partition coefficient (Wildman–Crippen LogP) is 5.77. The van der Waals surface area contributed by atoms with Crippen molar-refractivity contribution in [1.82, 2.24) is 4.98 Å². The van der Waals surface area contributed by atoms with Crippen LogP contribution in [-0.2, 0) is 6.61 Å². The van der Waals surface area contributed by atoms with Crippen LogP contribution in [0.5, 0.6) is 5.75 Å². The first-order valence-electron chi connectivity index (χ1n) is 6.56. The van der Waals surface area contributed by atoms with Gasteiger partial charge in [0, 0.05) is 22.8 Å². The zero-order valence-electron chi connectivity index (χ0n) is 11.5. The van der Waals surface area contributed by atoms with Crippen LogP contribution in [0.3, 0.4) is 0 Å². The van der Waals surface area contributed by atoms with Gasteiger partial charge < -0.3 is 10.1 Å². The van der Waals surface area contributed by atoms with Crippen LogP contribution >= 0.6 is 47.8 Å². The Morgan fingerprint density at radius 3 is 2.43 bits per heavy atom. The summed E-state index contributed by atoms with van der Waals surface area (Å²) in [5, 5.41) is 3.25. The Labute approximate surface area is 149 Å². The van der Waals surface area contributed by atoms with Gasteiger partial charge in [-0.15, -0.1) is 0 Å². The van der Waals surface area contributed by atoms with E-state index in [1.54, 1.807) is 0 Å². The van der Waals surface area contributed by atoms with Crippen LogP contribution in [0.1, 0.15) is 18.9 Å². The zero-order chi connectivity index (χ0) is 15.2. The summed E-state index contributed by atoms with van der Waals surface area (Å²) < 4.78 is 8.64.